The summed E-state index contributed by atoms with van der Waals surface area (Å²) in [7, 11) is 0. The first-order valence-electron chi connectivity index (χ1n) is 11.5. The third kappa shape index (κ3) is 3.78. The minimum Gasteiger partial charge on any atom is -0.459 e. The summed E-state index contributed by atoms with van der Waals surface area (Å²) in [4.78, 5) is 11.9. The van der Waals surface area contributed by atoms with Crippen LogP contribution in [0.15, 0.2) is 60.7 Å². The summed E-state index contributed by atoms with van der Waals surface area (Å²) in [6.45, 7) is 3.16. The summed E-state index contributed by atoms with van der Waals surface area (Å²) >= 11 is 0. The van der Waals surface area contributed by atoms with Crippen LogP contribution >= 0.6 is 0 Å². The highest BCUT2D eigenvalue weighted by Crippen LogP contribution is 2.65. The van der Waals surface area contributed by atoms with Crippen molar-refractivity contribution in [2.24, 2.45) is 11.8 Å². The Labute approximate surface area is 192 Å². The smallest absolute Gasteiger partial charge is 0.303 e. The molecule has 0 aromatic heterocycles. The summed E-state index contributed by atoms with van der Waals surface area (Å²) in [6, 6.07) is 20.1. The van der Waals surface area contributed by atoms with Gasteiger partial charge < -0.3 is 28.4 Å². The van der Waals surface area contributed by atoms with E-state index in [0.717, 1.165) is 11.1 Å². The number of carbonyl (C=O) groups is 1. The first-order chi connectivity index (χ1) is 16.2. The van der Waals surface area contributed by atoms with Gasteiger partial charge in [0.15, 0.2) is 6.29 Å². The van der Waals surface area contributed by atoms with Gasteiger partial charge in [-0.2, -0.15) is 0 Å². The van der Waals surface area contributed by atoms with Crippen molar-refractivity contribution in [1.29, 1.82) is 0 Å². The van der Waals surface area contributed by atoms with Gasteiger partial charge in [-0.15, -0.1) is 0 Å². The molecule has 174 valence electrons. The molecule has 8 atom stereocenters. The molecule has 2 aromatic rings. The maximum atomic E-state index is 11.9. The summed E-state index contributed by atoms with van der Waals surface area (Å²) in [5.74, 6) is -0.422. The Hall–Kier alpha value is -2.29. The summed E-state index contributed by atoms with van der Waals surface area (Å²) < 4.78 is 36.7. The van der Waals surface area contributed by atoms with Gasteiger partial charge in [-0.05, 0) is 11.1 Å². The monoisotopic (exact) mass is 452 g/mol. The summed E-state index contributed by atoms with van der Waals surface area (Å²) in [6.07, 6.45) is -1.63. The third-order valence-corrected chi connectivity index (χ3v) is 7.23. The van der Waals surface area contributed by atoms with Crippen molar-refractivity contribution in [3.63, 3.8) is 0 Å². The van der Waals surface area contributed by atoms with Crippen molar-refractivity contribution in [3.05, 3.63) is 71.8 Å². The summed E-state index contributed by atoms with van der Waals surface area (Å²) in [5, 5.41) is 0. The molecular weight excluding hydrogens is 424 g/mol. The van der Waals surface area contributed by atoms with E-state index >= 15 is 0 Å². The first-order valence-corrected chi connectivity index (χ1v) is 11.5. The predicted molar refractivity (Wildman–Crippen MR) is 116 cm³/mol. The van der Waals surface area contributed by atoms with Crippen LogP contribution in [0.1, 0.15) is 18.1 Å². The normalized spacial score (nSPS) is 37.9. The number of esters is 1. The lowest BCUT2D eigenvalue weighted by molar-refractivity contribution is -0.273. The summed E-state index contributed by atoms with van der Waals surface area (Å²) in [5.41, 5.74) is 1.74. The van der Waals surface area contributed by atoms with Gasteiger partial charge in [-0.1, -0.05) is 60.7 Å². The molecule has 0 amide bonds. The Balaban J connectivity index is 1.24. The lowest BCUT2D eigenvalue weighted by atomic mass is 9.80. The molecule has 0 radical (unpaired) electrons. The van der Waals surface area contributed by atoms with E-state index < -0.39 is 11.9 Å². The molecule has 7 heteroatoms. The van der Waals surface area contributed by atoms with Crippen molar-refractivity contribution < 1.29 is 33.2 Å². The van der Waals surface area contributed by atoms with Crippen molar-refractivity contribution in [3.8, 4) is 0 Å². The van der Waals surface area contributed by atoms with E-state index in [4.69, 9.17) is 28.4 Å². The van der Waals surface area contributed by atoms with E-state index in [0.29, 0.717) is 26.4 Å². The average Bonchev–Trinajstić information content (AvgIpc) is 3.34. The molecule has 2 aromatic carbocycles. The van der Waals surface area contributed by atoms with Crippen LogP contribution in [0.25, 0.3) is 0 Å². The standard InChI is InChI=1S/C26H28O7/c1-16(27)31-23-20-21-25(30-15-26(21)24(23)33-26)32-19(14-28-12-17-8-4-2-5-9-17)22(20)29-13-18-10-6-3-7-11-18/h2-11,19-25H,12-15H2,1H3/t19-,20+,21-,22-,23-,24+,25+,26-/m1/s1. The van der Waals surface area contributed by atoms with Crippen LogP contribution < -0.4 is 0 Å². The van der Waals surface area contributed by atoms with Crippen molar-refractivity contribution in [2.45, 2.75) is 56.4 Å². The van der Waals surface area contributed by atoms with E-state index in [1.165, 1.54) is 6.92 Å². The van der Waals surface area contributed by atoms with Gasteiger partial charge in [0.2, 0.25) is 0 Å². The van der Waals surface area contributed by atoms with E-state index in [1.54, 1.807) is 0 Å². The molecule has 4 fully saturated rings. The maximum absolute atomic E-state index is 11.9. The van der Waals surface area contributed by atoms with E-state index in [9.17, 15) is 4.79 Å². The van der Waals surface area contributed by atoms with Gasteiger partial charge in [-0.3, -0.25) is 4.79 Å². The minimum atomic E-state index is -0.431. The molecule has 1 aliphatic carbocycles. The van der Waals surface area contributed by atoms with Gasteiger partial charge in [0, 0.05) is 12.8 Å². The van der Waals surface area contributed by atoms with Crippen LogP contribution in [0.5, 0.6) is 0 Å². The molecule has 7 nitrogen and oxygen atoms in total. The number of benzene rings is 2. The van der Waals surface area contributed by atoms with Crippen molar-refractivity contribution in [2.75, 3.05) is 13.2 Å². The van der Waals surface area contributed by atoms with Gasteiger partial charge in [-0.25, -0.2) is 0 Å². The molecule has 4 aliphatic rings. The second kappa shape index (κ2) is 8.49. The SMILES string of the molecule is CC(=O)O[C@@H]1[C@@H]2[C@H](OCc3ccccc3)[C@@H](COCc3ccccc3)O[C@@H]3OC[C@@]4(O[C@@H]14)[C@@H]32. The molecule has 0 unspecified atom stereocenters. The van der Waals surface area contributed by atoms with E-state index in [2.05, 4.69) is 0 Å². The number of epoxide rings is 1. The van der Waals surface area contributed by atoms with Crippen LogP contribution in [0, 0.1) is 11.8 Å². The molecular formula is C26H28O7. The Morgan fingerprint density at radius 1 is 1.00 bits per heavy atom. The Morgan fingerprint density at radius 3 is 2.39 bits per heavy atom. The van der Waals surface area contributed by atoms with Crippen molar-refractivity contribution >= 4 is 5.97 Å². The molecule has 3 aliphatic heterocycles. The highest BCUT2D eigenvalue weighted by Gasteiger charge is 2.82. The zero-order valence-electron chi connectivity index (χ0n) is 18.5. The lowest BCUT2D eigenvalue weighted by Gasteiger charge is -2.44. The second-order valence-corrected chi connectivity index (χ2v) is 9.29. The van der Waals surface area contributed by atoms with Gasteiger partial charge in [0.05, 0.1) is 38.4 Å². The quantitative estimate of drug-likeness (QED) is 0.450. The molecule has 1 spiro atoms. The predicted octanol–water partition coefficient (Wildman–Crippen LogP) is 2.86. The Bertz CT molecular complexity index is 983. The number of hydrogen-bond donors (Lipinski definition) is 0. The fourth-order valence-electron chi connectivity index (χ4n) is 5.82. The molecule has 1 saturated carbocycles. The van der Waals surface area contributed by atoms with Crippen LogP contribution in [0.3, 0.4) is 0 Å². The second-order valence-electron chi connectivity index (χ2n) is 9.29. The van der Waals surface area contributed by atoms with Gasteiger partial charge in [0.25, 0.3) is 0 Å². The lowest BCUT2D eigenvalue weighted by Crippen LogP contribution is -2.56. The number of ether oxygens (including phenoxy) is 6. The molecule has 33 heavy (non-hydrogen) atoms. The zero-order valence-corrected chi connectivity index (χ0v) is 18.5. The maximum Gasteiger partial charge on any atom is 0.303 e. The highest BCUT2D eigenvalue weighted by molar-refractivity contribution is 5.66. The molecule has 3 heterocycles. The number of carbonyl (C=O) groups excluding carboxylic acids is 1. The first kappa shape index (κ1) is 21.3. The third-order valence-electron chi connectivity index (χ3n) is 7.23. The average molecular weight is 453 g/mol. The van der Waals surface area contributed by atoms with Crippen molar-refractivity contribution in [1.82, 2.24) is 0 Å². The number of hydrogen-bond acceptors (Lipinski definition) is 7. The van der Waals surface area contributed by atoms with Crippen LogP contribution in [0.2, 0.25) is 0 Å². The number of rotatable bonds is 8. The van der Waals surface area contributed by atoms with Crippen LogP contribution in [-0.4, -0.2) is 55.5 Å². The largest absolute Gasteiger partial charge is 0.459 e. The molecule has 0 bridgehead atoms. The fraction of sp³-hybridized carbons (Fsp3) is 0.500. The van der Waals surface area contributed by atoms with Crippen LogP contribution in [0.4, 0.5) is 0 Å². The van der Waals surface area contributed by atoms with Crippen LogP contribution in [-0.2, 0) is 46.4 Å². The Kier molecular flexibility index (Phi) is 5.47. The highest BCUT2D eigenvalue weighted by atomic mass is 16.7. The van der Waals surface area contributed by atoms with E-state index in [-0.39, 0.29) is 42.2 Å². The molecule has 0 N–H and O–H groups in total. The van der Waals surface area contributed by atoms with Gasteiger partial charge >= 0.3 is 5.97 Å². The minimum absolute atomic E-state index is 0.0296. The van der Waals surface area contributed by atoms with E-state index in [1.807, 2.05) is 60.7 Å². The van der Waals surface area contributed by atoms with Gasteiger partial charge in [0.1, 0.15) is 23.9 Å². The molecule has 3 saturated heterocycles. The topological polar surface area (TPSA) is 75.8 Å². The fourth-order valence-corrected chi connectivity index (χ4v) is 5.82. The molecule has 6 rings (SSSR count). The Morgan fingerprint density at radius 2 is 1.70 bits per heavy atom. The zero-order chi connectivity index (χ0) is 22.4.